The maximum Gasteiger partial charge on any atom is 0.336 e. The SMILES string of the molecule is CCn1ccnc1SCc1cc(=O)oc2cc(C)ccc12. The van der Waals surface area contributed by atoms with Crippen molar-refractivity contribution >= 4 is 22.7 Å². The molecule has 0 fully saturated rings. The minimum Gasteiger partial charge on any atom is -0.423 e. The van der Waals surface area contributed by atoms with Crippen molar-refractivity contribution in [2.24, 2.45) is 0 Å². The summed E-state index contributed by atoms with van der Waals surface area (Å²) in [6.07, 6.45) is 3.76. The Morgan fingerprint density at radius 3 is 3.00 bits per heavy atom. The van der Waals surface area contributed by atoms with Crippen LogP contribution in [0.2, 0.25) is 0 Å². The molecule has 0 bridgehead atoms. The molecule has 0 aliphatic rings. The summed E-state index contributed by atoms with van der Waals surface area (Å²) in [5, 5.41) is 1.95. The normalized spacial score (nSPS) is 11.1. The number of nitrogens with zero attached hydrogens (tertiary/aromatic N) is 2. The van der Waals surface area contributed by atoms with Gasteiger partial charge < -0.3 is 8.98 Å². The van der Waals surface area contributed by atoms with Gasteiger partial charge in [-0.05, 0) is 31.0 Å². The Morgan fingerprint density at radius 1 is 1.33 bits per heavy atom. The molecule has 0 saturated carbocycles. The minimum atomic E-state index is -0.303. The predicted octanol–water partition coefficient (Wildman–Crippen LogP) is 3.61. The summed E-state index contributed by atoms with van der Waals surface area (Å²) < 4.78 is 7.37. The lowest BCUT2D eigenvalue weighted by molar-refractivity contribution is 0.559. The summed E-state index contributed by atoms with van der Waals surface area (Å²) in [5.74, 6) is 0.697. The standard InChI is InChI=1S/C16H16N2O2S/c1-3-18-7-6-17-16(18)21-10-12-9-15(19)20-14-8-11(2)4-5-13(12)14/h4-9H,3,10H2,1-2H3. The summed E-state index contributed by atoms with van der Waals surface area (Å²) in [4.78, 5) is 16.0. The Hall–Kier alpha value is -2.01. The number of fused-ring (bicyclic) bond motifs is 1. The van der Waals surface area contributed by atoms with Gasteiger partial charge in [0.1, 0.15) is 5.58 Å². The van der Waals surface area contributed by atoms with Crippen molar-refractivity contribution in [3.8, 4) is 0 Å². The molecule has 108 valence electrons. The van der Waals surface area contributed by atoms with E-state index in [0.717, 1.165) is 28.2 Å². The first kappa shape index (κ1) is 13.9. The number of thioether (sulfide) groups is 1. The van der Waals surface area contributed by atoms with Crippen LogP contribution in [0.1, 0.15) is 18.1 Å². The van der Waals surface area contributed by atoms with Gasteiger partial charge >= 0.3 is 5.63 Å². The number of rotatable bonds is 4. The molecule has 21 heavy (non-hydrogen) atoms. The van der Waals surface area contributed by atoms with Crippen molar-refractivity contribution < 1.29 is 4.42 Å². The molecule has 0 aliphatic heterocycles. The molecule has 3 aromatic rings. The lowest BCUT2D eigenvalue weighted by Crippen LogP contribution is -2.01. The van der Waals surface area contributed by atoms with Crippen LogP contribution in [0.5, 0.6) is 0 Å². The monoisotopic (exact) mass is 300 g/mol. The topological polar surface area (TPSA) is 48.0 Å². The molecule has 0 N–H and O–H groups in total. The van der Waals surface area contributed by atoms with Gasteiger partial charge in [-0.1, -0.05) is 23.9 Å². The fourth-order valence-corrected chi connectivity index (χ4v) is 3.29. The van der Waals surface area contributed by atoms with E-state index in [0.29, 0.717) is 11.3 Å². The average Bonchev–Trinajstić information content (AvgIpc) is 2.91. The van der Waals surface area contributed by atoms with Gasteiger partial charge in [0.15, 0.2) is 5.16 Å². The fourth-order valence-electron chi connectivity index (χ4n) is 2.28. The van der Waals surface area contributed by atoms with E-state index in [1.807, 2.05) is 31.3 Å². The Balaban J connectivity index is 1.95. The van der Waals surface area contributed by atoms with E-state index >= 15 is 0 Å². The van der Waals surface area contributed by atoms with E-state index in [-0.39, 0.29) is 5.63 Å². The molecule has 1 aromatic carbocycles. The van der Waals surface area contributed by atoms with Crippen LogP contribution in [0.3, 0.4) is 0 Å². The largest absolute Gasteiger partial charge is 0.423 e. The minimum absolute atomic E-state index is 0.303. The first-order valence-electron chi connectivity index (χ1n) is 6.84. The lowest BCUT2D eigenvalue weighted by Gasteiger charge is -2.07. The first-order valence-corrected chi connectivity index (χ1v) is 7.83. The van der Waals surface area contributed by atoms with Gasteiger partial charge in [0.05, 0.1) is 0 Å². The Kier molecular flexibility index (Phi) is 3.84. The molecule has 0 atom stereocenters. The molecule has 0 unspecified atom stereocenters. The number of imidazole rings is 1. The van der Waals surface area contributed by atoms with Crippen molar-refractivity contribution in [2.75, 3.05) is 0 Å². The highest BCUT2D eigenvalue weighted by molar-refractivity contribution is 7.98. The summed E-state index contributed by atoms with van der Waals surface area (Å²) in [7, 11) is 0. The average molecular weight is 300 g/mol. The van der Waals surface area contributed by atoms with Crippen LogP contribution in [0.25, 0.3) is 11.0 Å². The van der Waals surface area contributed by atoms with Crippen molar-refractivity contribution in [3.63, 3.8) is 0 Å². The Morgan fingerprint density at radius 2 is 2.19 bits per heavy atom. The third kappa shape index (κ3) is 2.88. The van der Waals surface area contributed by atoms with Crippen molar-refractivity contribution in [1.29, 1.82) is 0 Å². The highest BCUT2D eigenvalue weighted by Gasteiger charge is 2.08. The van der Waals surface area contributed by atoms with Gasteiger partial charge in [0.25, 0.3) is 0 Å². The van der Waals surface area contributed by atoms with Crippen molar-refractivity contribution in [2.45, 2.75) is 31.3 Å². The zero-order chi connectivity index (χ0) is 14.8. The third-order valence-corrected chi connectivity index (χ3v) is 4.41. The van der Waals surface area contributed by atoms with E-state index in [4.69, 9.17) is 4.42 Å². The molecule has 2 aromatic heterocycles. The number of hydrogen-bond donors (Lipinski definition) is 0. The van der Waals surface area contributed by atoms with E-state index in [2.05, 4.69) is 16.5 Å². The molecule has 3 rings (SSSR count). The zero-order valence-corrected chi connectivity index (χ0v) is 12.8. The Bertz CT molecular complexity index is 836. The molecule has 0 radical (unpaired) electrons. The van der Waals surface area contributed by atoms with Crippen LogP contribution >= 0.6 is 11.8 Å². The van der Waals surface area contributed by atoms with Crippen LogP contribution in [0, 0.1) is 6.92 Å². The summed E-state index contributed by atoms with van der Waals surface area (Å²) in [5.41, 5.74) is 2.41. The van der Waals surface area contributed by atoms with E-state index in [1.165, 1.54) is 0 Å². The van der Waals surface area contributed by atoms with Crippen LogP contribution in [0.4, 0.5) is 0 Å². The van der Waals surface area contributed by atoms with Crippen LogP contribution < -0.4 is 5.63 Å². The summed E-state index contributed by atoms with van der Waals surface area (Å²) >= 11 is 1.63. The van der Waals surface area contributed by atoms with Crippen molar-refractivity contribution in [3.05, 3.63) is 58.2 Å². The van der Waals surface area contributed by atoms with Gasteiger partial charge in [-0.3, -0.25) is 0 Å². The van der Waals surface area contributed by atoms with E-state index in [1.54, 1.807) is 24.0 Å². The van der Waals surface area contributed by atoms with Gasteiger partial charge in [-0.2, -0.15) is 0 Å². The molecule has 0 spiro atoms. The zero-order valence-electron chi connectivity index (χ0n) is 12.0. The molecule has 0 saturated heterocycles. The molecular formula is C16H16N2O2S. The number of aromatic nitrogens is 2. The quantitative estimate of drug-likeness (QED) is 0.545. The molecule has 0 amide bonds. The lowest BCUT2D eigenvalue weighted by atomic mass is 10.1. The van der Waals surface area contributed by atoms with Crippen molar-refractivity contribution in [1.82, 2.24) is 9.55 Å². The van der Waals surface area contributed by atoms with Gasteiger partial charge in [-0.25, -0.2) is 9.78 Å². The molecule has 2 heterocycles. The second kappa shape index (κ2) is 5.77. The molecule has 4 nitrogen and oxygen atoms in total. The highest BCUT2D eigenvalue weighted by atomic mass is 32.2. The van der Waals surface area contributed by atoms with Gasteiger partial charge in [0.2, 0.25) is 0 Å². The fraction of sp³-hybridized carbons (Fsp3) is 0.250. The second-order valence-corrected chi connectivity index (χ2v) is 5.82. The molecule has 5 heteroatoms. The number of hydrogen-bond acceptors (Lipinski definition) is 4. The van der Waals surface area contributed by atoms with Crippen LogP contribution in [-0.4, -0.2) is 9.55 Å². The summed E-state index contributed by atoms with van der Waals surface area (Å²) in [6.45, 7) is 4.96. The van der Waals surface area contributed by atoms with E-state index < -0.39 is 0 Å². The summed E-state index contributed by atoms with van der Waals surface area (Å²) in [6, 6.07) is 7.51. The third-order valence-electron chi connectivity index (χ3n) is 3.36. The second-order valence-electron chi connectivity index (χ2n) is 4.87. The predicted molar refractivity (Wildman–Crippen MR) is 84.7 cm³/mol. The van der Waals surface area contributed by atoms with Gasteiger partial charge in [0, 0.05) is 36.1 Å². The van der Waals surface area contributed by atoms with E-state index in [9.17, 15) is 4.79 Å². The maximum absolute atomic E-state index is 11.7. The molecular weight excluding hydrogens is 284 g/mol. The van der Waals surface area contributed by atoms with Crippen LogP contribution in [-0.2, 0) is 12.3 Å². The Labute approximate surface area is 126 Å². The highest BCUT2D eigenvalue weighted by Crippen LogP contribution is 2.26. The number of benzene rings is 1. The molecule has 0 aliphatic carbocycles. The smallest absolute Gasteiger partial charge is 0.336 e. The maximum atomic E-state index is 11.7. The number of aryl methyl sites for hydroxylation is 2. The first-order chi connectivity index (χ1) is 10.2. The van der Waals surface area contributed by atoms with Crippen LogP contribution in [0.15, 0.2) is 51.0 Å². The van der Waals surface area contributed by atoms with Gasteiger partial charge in [-0.15, -0.1) is 0 Å².